The summed E-state index contributed by atoms with van der Waals surface area (Å²) < 4.78 is 0. The number of thiophene rings is 1. The summed E-state index contributed by atoms with van der Waals surface area (Å²) in [4.78, 5) is 15.0. The Morgan fingerprint density at radius 2 is 2.29 bits per heavy atom. The lowest BCUT2D eigenvalue weighted by Gasteiger charge is -2.26. The van der Waals surface area contributed by atoms with Crippen LogP contribution in [0.2, 0.25) is 5.02 Å². The molecule has 0 unspecified atom stereocenters. The van der Waals surface area contributed by atoms with Crippen molar-refractivity contribution < 1.29 is 4.79 Å². The lowest BCUT2D eigenvalue weighted by atomic mass is 10.2. The van der Waals surface area contributed by atoms with Crippen LogP contribution in [0.4, 0.5) is 0 Å². The average Bonchev–Trinajstić information content (AvgIpc) is 2.63. The van der Waals surface area contributed by atoms with Crippen molar-refractivity contribution in [2.24, 2.45) is 5.73 Å². The molecule has 1 amide bonds. The van der Waals surface area contributed by atoms with Crippen molar-refractivity contribution in [3.63, 3.8) is 0 Å². The number of halogens is 1. The molecule has 1 aromatic rings. The second-order valence-corrected chi connectivity index (χ2v) is 5.75. The first-order chi connectivity index (χ1) is 7.93. The van der Waals surface area contributed by atoms with Crippen LogP contribution in [0.1, 0.15) is 29.9 Å². The van der Waals surface area contributed by atoms with E-state index in [0.717, 1.165) is 0 Å². The Morgan fingerprint density at radius 3 is 2.71 bits per heavy atom. The van der Waals surface area contributed by atoms with E-state index in [1.165, 1.54) is 11.3 Å². The molecule has 1 heterocycles. The summed E-state index contributed by atoms with van der Waals surface area (Å²) >= 11 is 12.1. The zero-order valence-electron chi connectivity index (χ0n) is 9.77. The molecule has 3 nitrogen and oxygen atoms in total. The molecular formula is C11H15ClN2OS2. The summed E-state index contributed by atoms with van der Waals surface area (Å²) in [5.41, 5.74) is 5.46. The van der Waals surface area contributed by atoms with E-state index in [4.69, 9.17) is 29.6 Å². The molecule has 0 atom stereocenters. The molecule has 94 valence electrons. The largest absolute Gasteiger partial charge is 0.393 e. The highest BCUT2D eigenvalue weighted by Crippen LogP contribution is 2.24. The standard InChI is InChI=1S/C11H15ClN2OS2/c1-7(2)14(5-3-9(13)16)11(15)10-8(12)4-6-17-10/h4,6-7H,3,5H2,1-2H3,(H2,13,16). The van der Waals surface area contributed by atoms with Crippen molar-refractivity contribution in [1.82, 2.24) is 4.90 Å². The van der Waals surface area contributed by atoms with Gasteiger partial charge >= 0.3 is 0 Å². The van der Waals surface area contributed by atoms with Gasteiger partial charge in [0.2, 0.25) is 0 Å². The molecule has 0 aliphatic heterocycles. The van der Waals surface area contributed by atoms with E-state index in [1.807, 2.05) is 19.2 Å². The minimum Gasteiger partial charge on any atom is -0.393 e. The smallest absolute Gasteiger partial charge is 0.265 e. The van der Waals surface area contributed by atoms with Gasteiger partial charge in [-0.15, -0.1) is 11.3 Å². The lowest BCUT2D eigenvalue weighted by molar-refractivity contribution is 0.0717. The molecule has 1 aromatic heterocycles. The molecule has 0 saturated heterocycles. The van der Waals surface area contributed by atoms with E-state index < -0.39 is 0 Å². The molecule has 0 aliphatic carbocycles. The van der Waals surface area contributed by atoms with E-state index in [1.54, 1.807) is 11.0 Å². The molecule has 0 saturated carbocycles. The Hall–Kier alpha value is -0.650. The number of nitrogens with two attached hydrogens (primary N) is 1. The molecule has 1 rings (SSSR count). The third-order valence-corrected chi connectivity index (χ3v) is 3.83. The summed E-state index contributed by atoms with van der Waals surface area (Å²) in [6.45, 7) is 4.44. The first-order valence-corrected chi connectivity index (χ1v) is 6.92. The fourth-order valence-corrected chi connectivity index (χ4v) is 2.58. The van der Waals surface area contributed by atoms with Crippen LogP contribution in [0.3, 0.4) is 0 Å². The van der Waals surface area contributed by atoms with E-state index in [-0.39, 0.29) is 11.9 Å². The Labute approximate surface area is 116 Å². The van der Waals surface area contributed by atoms with Gasteiger partial charge in [-0.3, -0.25) is 4.79 Å². The number of hydrogen-bond donors (Lipinski definition) is 1. The van der Waals surface area contributed by atoms with Crippen molar-refractivity contribution in [2.75, 3.05) is 6.54 Å². The highest BCUT2D eigenvalue weighted by molar-refractivity contribution is 7.80. The second kappa shape index (κ2) is 6.33. The van der Waals surface area contributed by atoms with Crippen LogP contribution in [-0.2, 0) is 0 Å². The molecule has 0 aromatic carbocycles. The third kappa shape index (κ3) is 3.94. The average molecular weight is 291 g/mol. The molecule has 6 heteroatoms. The van der Waals surface area contributed by atoms with Crippen molar-refractivity contribution >= 4 is 46.1 Å². The summed E-state index contributed by atoms with van der Waals surface area (Å²) in [6.07, 6.45) is 0.530. The maximum Gasteiger partial charge on any atom is 0.265 e. The molecule has 0 bridgehead atoms. The lowest BCUT2D eigenvalue weighted by Crippen LogP contribution is -2.38. The number of thiocarbonyl (C=S) groups is 1. The summed E-state index contributed by atoms with van der Waals surface area (Å²) in [5.74, 6) is -0.0590. The highest BCUT2D eigenvalue weighted by Gasteiger charge is 2.21. The van der Waals surface area contributed by atoms with Gasteiger partial charge in [-0.2, -0.15) is 0 Å². The fraction of sp³-hybridized carbons (Fsp3) is 0.455. The Balaban J connectivity index is 2.81. The SMILES string of the molecule is CC(C)N(CCC(N)=S)C(=O)c1sccc1Cl. The molecule has 2 N–H and O–H groups in total. The van der Waals surface area contributed by atoms with Gasteiger partial charge in [0.25, 0.3) is 5.91 Å². The van der Waals surface area contributed by atoms with Gasteiger partial charge in [-0.25, -0.2) is 0 Å². The zero-order chi connectivity index (χ0) is 13.0. The van der Waals surface area contributed by atoms with Gasteiger partial charge in [0.15, 0.2) is 0 Å². The predicted octanol–water partition coefficient (Wildman–Crippen LogP) is 2.93. The Bertz CT molecular complexity index is 417. The van der Waals surface area contributed by atoms with Crippen LogP contribution in [-0.4, -0.2) is 28.4 Å². The van der Waals surface area contributed by atoms with Crippen molar-refractivity contribution in [3.8, 4) is 0 Å². The number of carbonyl (C=O) groups is 1. The Morgan fingerprint density at radius 1 is 1.65 bits per heavy atom. The van der Waals surface area contributed by atoms with Gasteiger partial charge in [0.1, 0.15) is 4.88 Å². The van der Waals surface area contributed by atoms with Gasteiger partial charge in [-0.1, -0.05) is 23.8 Å². The van der Waals surface area contributed by atoms with E-state index in [9.17, 15) is 4.79 Å². The number of nitrogens with zero attached hydrogens (tertiary/aromatic N) is 1. The first-order valence-electron chi connectivity index (χ1n) is 5.25. The summed E-state index contributed by atoms with van der Waals surface area (Å²) in [5, 5.41) is 2.31. The van der Waals surface area contributed by atoms with Gasteiger partial charge in [0, 0.05) is 19.0 Å². The van der Waals surface area contributed by atoms with Gasteiger partial charge in [-0.05, 0) is 25.3 Å². The molecule has 0 fully saturated rings. The van der Waals surface area contributed by atoms with Crippen molar-refractivity contribution in [3.05, 3.63) is 21.3 Å². The molecule has 0 aliphatic rings. The van der Waals surface area contributed by atoms with E-state index >= 15 is 0 Å². The monoisotopic (exact) mass is 290 g/mol. The highest BCUT2D eigenvalue weighted by atomic mass is 35.5. The zero-order valence-corrected chi connectivity index (χ0v) is 12.2. The quantitative estimate of drug-likeness (QED) is 0.848. The number of amides is 1. The molecule has 0 spiro atoms. The molecular weight excluding hydrogens is 276 g/mol. The maximum absolute atomic E-state index is 12.2. The van der Waals surface area contributed by atoms with E-state index in [0.29, 0.717) is 27.9 Å². The van der Waals surface area contributed by atoms with Crippen LogP contribution in [0, 0.1) is 0 Å². The van der Waals surface area contributed by atoms with Crippen LogP contribution >= 0.6 is 35.2 Å². The van der Waals surface area contributed by atoms with E-state index in [2.05, 4.69) is 0 Å². The molecule has 0 radical (unpaired) electrons. The minimum absolute atomic E-state index is 0.0590. The van der Waals surface area contributed by atoms with Crippen molar-refractivity contribution in [2.45, 2.75) is 26.3 Å². The fourth-order valence-electron chi connectivity index (χ4n) is 1.40. The third-order valence-electron chi connectivity index (χ3n) is 2.29. The number of hydrogen-bond acceptors (Lipinski definition) is 3. The van der Waals surface area contributed by atoms with Gasteiger partial charge < -0.3 is 10.6 Å². The number of rotatable bonds is 5. The summed E-state index contributed by atoms with van der Waals surface area (Å²) in [6, 6.07) is 1.82. The van der Waals surface area contributed by atoms with Crippen LogP contribution in [0.5, 0.6) is 0 Å². The Kier molecular flexibility index (Phi) is 5.36. The van der Waals surface area contributed by atoms with Crippen molar-refractivity contribution in [1.29, 1.82) is 0 Å². The molecule has 17 heavy (non-hydrogen) atoms. The topological polar surface area (TPSA) is 46.3 Å². The predicted molar refractivity (Wildman–Crippen MR) is 76.9 cm³/mol. The van der Waals surface area contributed by atoms with Crippen LogP contribution in [0.15, 0.2) is 11.4 Å². The normalized spacial score (nSPS) is 10.6. The first kappa shape index (κ1) is 14.4. The number of carbonyl (C=O) groups excluding carboxylic acids is 1. The van der Waals surface area contributed by atoms with Crippen LogP contribution in [0.25, 0.3) is 0 Å². The minimum atomic E-state index is -0.0590. The second-order valence-electron chi connectivity index (χ2n) is 3.91. The summed E-state index contributed by atoms with van der Waals surface area (Å²) in [7, 11) is 0. The van der Waals surface area contributed by atoms with Gasteiger partial charge in [0.05, 0.1) is 10.0 Å². The maximum atomic E-state index is 12.2. The van der Waals surface area contributed by atoms with Crippen LogP contribution < -0.4 is 5.73 Å².